The zero-order valence-electron chi connectivity index (χ0n) is 7.61. The first-order chi connectivity index (χ1) is 6.20. The fraction of sp³-hybridized carbons (Fsp3) is 1.00. The smallest absolute Gasteiger partial charge is 0.173 e. The molecule has 4 heteroatoms. The highest BCUT2D eigenvalue weighted by molar-refractivity contribution is 4.82. The van der Waals surface area contributed by atoms with Crippen molar-refractivity contribution in [3.05, 3.63) is 0 Å². The van der Waals surface area contributed by atoms with Crippen molar-refractivity contribution in [2.45, 2.75) is 50.3 Å². The summed E-state index contributed by atoms with van der Waals surface area (Å²) in [5.74, 6) is -0.699. The predicted octanol–water partition coefficient (Wildman–Crippen LogP) is 0.373. The highest BCUT2D eigenvalue weighted by Gasteiger charge is 2.41. The van der Waals surface area contributed by atoms with E-state index in [0.29, 0.717) is 25.9 Å². The van der Waals surface area contributed by atoms with Gasteiger partial charge in [0.2, 0.25) is 0 Å². The number of ether oxygens (including phenoxy) is 2. The average Bonchev–Trinajstić information content (AvgIpc) is 2.02. The van der Waals surface area contributed by atoms with Gasteiger partial charge in [-0.25, -0.2) is 0 Å². The Morgan fingerprint density at radius 2 is 2.08 bits per heavy atom. The minimum atomic E-state index is -0.723. The van der Waals surface area contributed by atoms with Gasteiger partial charge in [-0.2, -0.15) is 0 Å². The second kappa shape index (κ2) is 3.53. The summed E-state index contributed by atoms with van der Waals surface area (Å²) in [6.07, 6.45) is 2.43. The molecule has 4 nitrogen and oxygen atoms in total. The van der Waals surface area contributed by atoms with E-state index in [0.717, 1.165) is 12.8 Å². The van der Waals surface area contributed by atoms with Crippen molar-refractivity contribution in [2.24, 2.45) is 0 Å². The van der Waals surface area contributed by atoms with Crippen LogP contribution in [-0.2, 0) is 9.47 Å². The molecule has 0 saturated carbocycles. The zero-order chi connectivity index (χ0) is 9.31. The molecular weight excluding hydrogens is 172 g/mol. The van der Waals surface area contributed by atoms with Gasteiger partial charge < -0.3 is 19.7 Å². The largest absolute Gasteiger partial charge is 0.393 e. The van der Waals surface area contributed by atoms with E-state index in [-0.39, 0.29) is 6.10 Å². The van der Waals surface area contributed by atoms with Crippen LogP contribution in [0.4, 0.5) is 0 Å². The fourth-order valence-electron chi connectivity index (χ4n) is 2.07. The SMILES string of the molecule is OC1CCOC2(CCCC(O)O2)C1. The standard InChI is InChI=1S/C9H16O4/c10-7-3-5-12-9(6-7)4-1-2-8(11)13-9/h7-8,10-11H,1-6H2. The Balaban J connectivity index is 2.00. The van der Waals surface area contributed by atoms with Crippen molar-refractivity contribution in [2.75, 3.05) is 6.61 Å². The first-order valence-electron chi connectivity index (χ1n) is 4.88. The van der Waals surface area contributed by atoms with Crippen LogP contribution < -0.4 is 0 Å². The number of hydrogen-bond donors (Lipinski definition) is 2. The Kier molecular flexibility index (Phi) is 2.55. The first-order valence-corrected chi connectivity index (χ1v) is 4.88. The molecule has 2 fully saturated rings. The molecule has 76 valence electrons. The van der Waals surface area contributed by atoms with E-state index in [9.17, 15) is 10.2 Å². The highest BCUT2D eigenvalue weighted by atomic mass is 16.7. The molecule has 0 aromatic heterocycles. The van der Waals surface area contributed by atoms with Gasteiger partial charge in [-0.1, -0.05) is 0 Å². The van der Waals surface area contributed by atoms with Crippen LogP contribution in [0.1, 0.15) is 32.1 Å². The van der Waals surface area contributed by atoms with E-state index in [4.69, 9.17) is 9.47 Å². The quantitative estimate of drug-likeness (QED) is 0.576. The summed E-state index contributed by atoms with van der Waals surface area (Å²) in [7, 11) is 0. The second-order valence-electron chi connectivity index (χ2n) is 3.87. The molecular formula is C9H16O4. The molecule has 0 aromatic rings. The van der Waals surface area contributed by atoms with Crippen LogP contribution in [0, 0.1) is 0 Å². The molecule has 2 rings (SSSR count). The number of hydrogen-bond acceptors (Lipinski definition) is 4. The Morgan fingerprint density at radius 3 is 2.77 bits per heavy atom. The van der Waals surface area contributed by atoms with Gasteiger partial charge in [-0.05, 0) is 19.3 Å². The van der Waals surface area contributed by atoms with Crippen molar-refractivity contribution in [3.8, 4) is 0 Å². The van der Waals surface area contributed by atoms with E-state index in [1.165, 1.54) is 0 Å². The van der Waals surface area contributed by atoms with Crippen molar-refractivity contribution < 1.29 is 19.7 Å². The van der Waals surface area contributed by atoms with Crippen LogP contribution in [0.15, 0.2) is 0 Å². The molecule has 2 heterocycles. The topological polar surface area (TPSA) is 58.9 Å². The van der Waals surface area contributed by atoms with Crippen molar-refractivity contribution >= 4 is 0 Å². The monoisotopic (exact) mass is 188 g/mol. The highest BCUT2D eigenvalue weighted by Crippen LogP contribution is 2.36. The van der Waals surface area contributed by atoms with Crippen molar-refractivity contribution in [1.29, 1.82) is 0 Å². The molecule has 0 aromatic carbocycles. The van der Waals surface area contributed by atoms with Crippen molar-refractivity contribution in [1.82, 2.24) is 0 Å². The maximum atomic E-state index is 9.47. The summed E-state index contributed by atoms with van der Waals surface area (Å²) < 4.78 is 10.9. The zero-order valence-corrected chi connectivity index (χ0v) is 7.61. The summed E-state index contributed by atoms with van der Waals surface area (Å²) in [5.41, 5.74) is 0. The summed E-state index contributed by atoms with van der Waals surface area (Å²) in [5, 5.41) is 18.8. The molecule has 2 aliphatic heterocycles. The first kappa shape index (κ1) is 9.40. The fourth-order valence-corrected chi connectivity index (χ4v) is 2.07. The van der Waals surface area contributed by atoms with Gasteiger partial charge in [-0.15, -0.1) is 0 Å². The molecule has 13 heavy (non-hydrogen) atoms. The summed E-state index contributed by atoms with van der Waals surface area (Å²) in [4.78, 5) is 0. The number of aliphatic hydroxyl groups excluding tert-OH is 2. The lowest BCUT2D eigenvalue weighted by molar-refractivity contribution is -0.341. The van der Waals surface area contributed by atoms with Crippen LogP contribution in [0.2, 0.25) is 0 Å². The van der Waals surface area contributed by atoms with Gasteiger partial charge in [0, 0.05) is 12.8 Å². The molecule has 3 atom stereocenters. The van der Waals surface area contributed by atoms with E-state index in [1.807, 2.05) is 0 Å². The summed E-state index contributed by atoms with van der Waals surface area (Å²) in [6, 6.07) is 0. The van der Waals surface area contributed by atoms with Gasteiger partial charge in [-0.3, -0.25) is 0 Å². The van der Waals surface area contributed by atoms with Crippen LogP contribution in [-0.4, -0.2) is 35.0 Å². The van der Waals surface area contributed by atoms with Crippen LogP contribution >= 0.6 is 0 Å². The molecule has 0 bridgehead atoms. The Morgan fingerprint density at radius 1 is 1.23 bits per heavy atom. The lowest BCUT2D eigenvalue weighted by atomic mass is 9.95. The third kappa shape index (κ3) is 2.02. The van der Waals surface area contributed by atoms with Gasteiger partial charge in [0.25, 0.3) is 0 Å². The molecule has 2 N–H and O–H groups in total. The summed E-state index contributed by atoms with van der Waals surface area (Å²) >= 11 is 0. The molecule has 1 spiro atoms. The van der Waals surface area contributed by atoms with E-state index in [1.54, 1.807) is 0 Å². The van der Waals surface area contributed by atoms with Crippen molar-refractivity contribution in [3.63, 3.8) is 0 Å². The lowest BCUT2D eigenvalue weighted by Gasteiger charge is -2.43. The van der Waals surface area contributed by atoms with Crippen LogP contribution in [0.5, 0.6) is 0 Å². The van der Waals surface area contributed by atoms with E-state index in [2.05, 4.69) is 0 Å². The van der Waals surface area contributed by atoms with Gasteiger partial charge in [0.1, 0.15) is 0 Å². The predicted molar refractivity (Wildman–Crippen MR) is 44.9 cm³/mol. The number of rotatable bonds is 0. The maximum absolute atomic E-state index is 9.47. The minimum absolute atomic E-state index is 0.348. The average molecular weight is 188 g/mol. The normalized spacial score (nSPS) is 46.6. The van der Waals surface area contributed by atoms with Crippen LogP contribution in [0.3, 0.4) is 0 Å². The third-order valence-electron chi connectivity index (χ3n) is 2.72. The molecule has 0 radical (unpaired) electrons. The van der Waals surface area contributed by atoms with E-state index < -0.39 is 12.1 Å². The molecule has 0 aliphatic carbocycles. The molecule has 0 amide bonds. The van der Waals surface area contributed by atoms with E-state index >= 15 is 0 Å². The molecule has 2 aliphatic rings. The Bertz CT molecular complexity index is 162. The maximum Gasteiger partial charge on any atom is 0.173 e. The second-order valence-corrected chi connectivity index (χ2v) is 3.87. The molecule has 2 saturated heterocycles. The van der Waals surface area contributed by atoms with Gasteiger partial charge in [0.15, 0.2) is 12.1 Å². The van der Waals surface area contributed by atoms with Gasteiger partial charge in [0.05, 0.1) is 12.7 Å². The lowest BCUT2D eigenvalue weighted by Crippen LogP contribution is -2.48. The van der Waals surface area contributed by atoms with Crippen LogP contribution in [0.25, 0.3) is 0 Å². The molecule has 3 unspecified atom stereocenters. The minimum Gasteiger partial charge on any atom is -0.393 e. The Hall–Kier alpha value is -0.160. The third-order valence-corrected chi connectivity index (χ3v) is 2.72. The summed E-state index contributed by atoms with van der Waals surface area (Å²) in [6.45, 7) is 0.522. The van der Waals surface area contributed by atoms with Gasteiger partial charge >= 0.3 is 0 Å². The Labute approximate surface area is 77.5 Å². The number of aliphatic hydroxyl groups is 2.